The van der Waals surface area contributed by atoms with Crippen LogP contribution in [-0.4, -0.2) is 36.4 Å². The number of nitrogens with one attached hydrogen (secondary N) is 1. The van der Waals surface area contributed by atoms with Gasteiger partial charge in [0.2, 0.25) is 5.84 Å². The second-order valence-electron chi connectivity index (χ2n) is 6.13. The maximum absolute atomic E-state index is 12.3. The minimum Gasteiger partial charge on any atom is -0.460 e. The summed E-state index contributed by atoms with van der Waals surface area (Å²) >= 11 is 3.40. The summed E-state index contributed by atoms with van der Waals surface area (Å²) in [5.74, 6) is 1.05. The molecule has 0 aliphatic carbocycles. The minimum atomic E-state index is -0.376. The lowest BCUT2D eigenvalue weighted by atomic mass is 9.92. The van der Waals surface area contributed by atoms with Crippen LogP contribution in [0.4, 0.5) is 5.69 Å². The maximum Gasteiger partial charge on any atom is 0.375 e. The number of benzene rings is 1. The first-order valence-electron chi connectivity index (χ1n) is 8.01. The Bertz CT molecular complexity index is 549. The van der Waals surface area contributed by atoms with E-state index in [1.807, 2.05) is 29.2 Å². The molecular weight excluding hydrogens is 358 g/mol. The molecule has 0 radical (unpaired) electrons. The molecule has 0 saturated carbocycles. The summed E-state index contributed by atoms with van der Waals surface area (Å²) in [5, 5.41) is 4.34. The highest BCUT2D eigenvalue weighted by atomic mass is 79.9. The van der Waals surface area contributed by atoms with Crippen molar-refractivity contribution in [1.82, 2.24) is 4.90 Å². The summed E-state index contributed by atoms with van der Waals surface area (Å²) in [4.78, 5) is 14.3. The first-order chi connectivity index (χ1) is 11.0. The van der Waals surface area contributed by atoms with Crippen molar-refractivity contribution in [2.75, 3.05) is 25.1 Å². The fourth-order valence-corrected chi connectivity index (χ4v) is 3.18. The van der Waals surface area contributed by atoms with Gasteiger partial charge in [-0.3, -0.25) is 5.43 Å². The average molecular weight is 382 g/mol. The summed E-state index contributed by atoms with van der Waals surface area (Å²) in [7, 11) is 0. The van der Waals surface area contributed by atoms with Gasteiger partial charge in [-0.15, -0.1) is 5.10 Å². The van der Waals surface area contributed by atoms with Gasteiger partial charge >= 0.3 is 5.97 Å². The molecule has 2 unspecified atom stereocenters. The number of rotatable bonds is 3. The number of amidine groups is 1. The molecule has 0 aromatic heterocycles. The second-order valence-corrected chi connectivity index (χ2v) is 7.04. The Morgan fingerprint density at radius 1 is 1.30 bits per heavy atom. The van der Waals surface area contributed by atoms with Crippen LogP contribution in [0, 0.1) is 11.8 Å². The predicted octanol–water partition coefficient (Wildman–Crippen LogP) is 3.72. The Labute approximate surface area is 146 Å². The number of carbonyl (C=O) groups excluding carboxylic acids is 1. The summed E-state index contributed by atoms with van der Waals surface area (Å²) in [5.41, 5.74) is 3.79. The van der Waals surface area contributed by atoms with Crippen LogP contribution in [0.15, 0.2) is 33.8 Å². The second kappa shape index (κ2) is 8.34. The van der Waals surface area contributed by atoms with E-state index in [0.29, 0.717) is 24.3 Å². The van der Waals surface area contributed by atoms with Gasteiger partial charge < -0.3 is 9.64 Å². The number of hydrogen-bond acceptors (Lipinski definition) is 4. The standard InChI is InChI=1S/C17H24BrN3O2/c1-4-23-17(22)16(21-10-12(2)9-13(3)11-21)20-19-15-7-5-14(18)6-8-15/h5-8,12-13,19H,4,9-11H2,1-3H3/b20-16-. The molecule has 1 aliphatic heterocycles. The third-order valence-electron chi connectivity index (χ3n) is 3.76. The summed E-state index contributed by atoms with van der Waals surface area (Å²) in [6.45, 7) is 8.20. The molecule has 0 bridgehead atoms. The molecule has 2 rings (SSSR count). The number of ether oxygens (including phenoxy) is 1. The number of likely N-dealkylation sites (tertiary alicyclic amines) is 1. The maximum atomic E-state index is 12.3. The third kappa shape index (κ3) is 5.23. The molecule has 1 N–H and O–H groups in total. The van der Waals surface area contributed by atoms with E-state index in [-0.39, 0.29) is 5.97 Å². The molecule has 126 valence electrons. The van der Waals surface area contributed by atoms with Crippen LogP contribution in [0.25, 0.3) is 0 Å². The molecule has 0 spiro atoms. The fourth-order valence-electron chi connectivity index (χ4n) is 2.92. The number of piperidine rings is 1. The molecule has 23 heavy (non-hydrogen) atoms. The van der Waals surface area contributed by atoms with Gasteiger partial charge in [-0.1, -0.05) is 29.8 Å². The lowest BCUT2D eigenvalue weighted by molar-refractivity contribution is -0.136. The normalized spacial score (nSPS) is 21.9. The topological polar surface area (TPSA) is 53.9 Å². The van der Waals surface area contributed by atoms with Gasteiger partial charge in [0, 0.05) is 17.6 Å². The number of halogens is 1. The number of nitrogens with zero attached hydrogens (tertiary/aromatic N) is 2. The Balaban J connectivity index is 2.17. The van der Waals surface area contributed by atoms with E-state index in [0.717, 1.165) is 23.2 Å². The van der Waals surface area contributed by atoms with Crippen molar-refractivity contribution in [2.24, 2.45) is 16.9 Å². The Kier molecular flexibility index (Phi) is 6.45. The van der Waals surface area contributed by atoms with E-state index >= 15 is 0 Å². The number of anilines is 1. The third-order valence-corrected chi connectivity index (χ3v) is 4.29. The van der Waals surface area contributed by atoms with Crippen LogP contribution in [0.2, 0.25) is 0 Å². The number of hydrazone groups is 1. The molecule has 6 heteroatoms. The Hall–Kier alpha value is -1.56. The molecule has 1 saturated heterocycles. The number of esters is 1. The first kappa shape index (κ1) is 17.8. The van der Waals surface area contributed by atoms with Gasteiger partial charge in [-0.2, -0.15) is 0 Å². The molecule has 1 aliphatic rings. The van der Waals surface area contributed by atoms with E-state index in [9.17, 15) is 4.79 Å². The number of carbonyl (C=O) groups is 1. The van der Waals surface area contributed by atoms with Gasteiger partial charge in [0.05, 0.1) is 12.3 Å². The number of hydrogen-bond donors (Lipinski definition) is 1. The highest BCUT2D eigenvalue weighted by Gasteiger charge is 2.28. The van der Waals surface area contributed by atoms with Crippen molar-refractivity contribution in [3.8, 4) is 0 Å². The quantitative estimate of drug-likeness (QED) is 0.375. The van der Waals surface area contributed by atoms with E-state index < -0.39 is 0 Å². The Morgan fingerprint density at radius 2 is 1.91 bits per heavy atom. The molecule has 5 nitrogen and oxygen atoms in total. The van der Waals surface area contributed by atoms with Crippen LogP contribution in [0.3, 0.4) is 0 Å². The van der Waals surface area contributed by atoms with E-state index in [1.165, 1.54) is 6.42 Å². The van der Waals surface area contributed by atoms with Crippen LogP contribution < -0.4 is 5.43 Å². The summed E-state index contributed by atoms with van der Waals surface area (Å²) in [6, 6.07) is 7.65. The highest BCUT2D eigenvalue weighted by molar-refractivity contribution is 9.10. The van der Waals surface area contributed by atoms with Gasteiger partial charge in [0.15, 0.2) is 0 Å². The van der Waals surface area contributed by atoms with E-state index in [4.69, 9.17) is 4.74 Å². The molecule has 1 heterocycles. The van der Waals surface area contributed by atoms with Gasteiger partial charge in [-0.25, -0.2) is 4.79 Å². The first-order valence-corrected chi connectivity index (χ1v) is 8.80. The van der Waals surface area contributed by atoms with Gasteiger partial charge in [-0.05, 0) is 49.4 Å². The largest absolute Gasteiger partial charge is 0.460 e. The van der Waals surface area contributed by atoms with Crippen molar-refractivity contribution >= 4 is 33.4 Å². The van der Waals surface area contributed by atoms with Crippen molar-refractivity contribution < 1.29 is 9.53 Å². The smallest absolute Gasteiger partial charge is 0.375 e. The van der Waals surface area contributed by atoms with Crippen molar-refractivity contribution in [1.29, 1.82) is 0 Å². The van der Waals surface area contributed by atoms with E-state index in [1.54, 1.807) is 6.92 Å². The minimum absolute atomic E-state index is 0.342. The summed E-state index contributed by atoms with van der Waals surface area (Å²) in [6.07, 6.45) is 1.17. The molecule has 0 amide bonds. The van der Waals surface area contributed by atoms with Gasteiger partial charge in [0.25, 0.3) is 0 Å². The van der Waals surface area contributed by atoms with Gasteiger partial charge in [0.1, 0.15) is 0 Å². The van der Waals surface area contributed by atoms with Crippen molar-refractivity contribution in [2.45, 2.75) is 27.2 Å². The fraction of sp³-hybridized carbons (Fsp3) is 0.529. The lowest BCUT2D eigenvalue weighted by Crippen LogP contribution is -2.46. The van der Waals surface area contributed by atoms with E-state index in [2.05, 4.69) is 40.3 Å². The summed E-state index contributed by atoms with van der Waals surface area (Å²) < 4.78 is 6.17. The molecule has 1 aromatic rings. The zero-order chi connectivity index (χ0) is 16.8. The van der Waals surface area contributed by atoms with Crippen molar-refractivity contribution in [3.63, 3.8) is 0 Å². The zero-order valence-electron chi connectivity index (χ0n) is 13.9. The molecule has 2 atom stereocenters. The molecule has 1 fully saturated rings. The predicted molar refractivity (Wildman–Crippen MR) is 96.4 cm³/mol. The molecular formula is C17H24BrN3O2. The monoisotopic (exact) mass is 381 g/mol. The zero-order valence-corrected chi connectivity index (χ0v) is 15.5. The van der Waals surface area contributed by atoms with Crippen molar-refractivity contribution in [3.05, 3.63) is 28.7 Å². The van der Waals surface area contributed by atoms with Crippen LogP contribution in [-0.2, 0) is 9.53 Å². The van der Waals surface area contributed by atoms with Crippen LogP contribution in [0.1, 0.15) is 27.2 Å². The lowest BCUT2D eigenvalue weighted by Gasteiger charge is -2.36. The Morgan fingerprint density at radius 3 is 2.48 bits per heavy atom. The van der Waals surface area contributed by atoms with Crippen LogP contribution in [0.5, 0.6) is 0 Å². The highest BCUT2D eigenvalue weighted by Crippen LogP contribution is 2.22. The average Bonchev–Trinajstić information content (AvgIpc) is 2.48. The SMILES string of the molecule is CCOC(=O)/C(=N/Nc1ccc(Br)cc1)N1CC(C)CC(C)C1. The van der Waals surface area contributed by atoms with Crippen LogP contribution >= 0.6 is 15.9 Å². The molecule has 1 aromatic carbocycles.